The summed E-state index contributed by atoms with van der Waals surface area (Å²) in [7, 11) is 0. The number of carbonyl (C=O) groups is 1. The lowest BCUT2D eigenvalue weighted by molar-refractivity contribution is 0.0697. The first-order valence-electron chi connectivity index (χ1n) is 10.5. The Bertz CT molecular complexity index is 1130. The molecule has 1 fully saturated rings. The van der Waals surface area contributed by atoms with Crippen LogP contribution in [0, 0.1) is 13.8 Å². The van der Waals surface area contributed by atoms with Crippen molar-refractivity contribution in [3.63, 3.8) is 0 Å². The number of aryl methyl sites for hydroxylation is 1. The van der Waals surface area contributed by atoms with Gasteiger partial charge in [0.1, 0.15) is 0 Å². The molecule has 1 aliphatic heterocycles. The Balaban J connectivity index is 1.79. The van der Waals surface area contributed by atoms with Gasteiger partial charge in [0.2, 0.25) is 0 Å². The number of aromatic nitrogens is 2. The number of aromatic carboxylic acids is 1. The monoisotopic (exact) mass is 450 g/mol. The largest absolute Gasteiger partial charge is 0.478 e. The molecule has 2 atom stereocenters. The van der Waals surface area contributed by atoms with Gasteiger partial charge in [-0.3, -0.25) is 4.98 Å². The minimum absolute atomic E-state index is 0.0813. The minimum Gasteiger partial charge on any atom is -0.478 e. The van der Waals surface area contributed by atoms with Crippen molar-refractivity contribution in [3.05, 3.63) is 82.9 Å². The number of rotatable bonds is 7. The van der Waals surface area contributed by atoms with Crippen LogP contribution in [0.1, 0.15) is 51.5 Å². The molecule has 0 radical (unpaired) electrons. The van der Waals surface area contributed by atoms with Crippen molar-refractivity contribution in [2.45, 2.75) is 32.4 Å². The fraction of sp³-hybridized carbons (Fsp3) is 0.292. The molecule has 0 unspecified atom stereocenters. The summed E-state index contributed by atoms with van der Waals surface area (Å²) >= 11 is 5.67. The van der Waals surface area contributed by atoms with Crippen molar-refractivity contribution in [1.82, 2.24) is 19.8 Å². The summed E-state index contributed by atoms with van der Waals surface area (Å²) in [6.45, 7) is 4.83. The van der Waals surface area contributed by atoms with E-state index in [1.54, 1.807) is 18.3 Å². The number of benzene rings is 1. The van der Waals surface area contributed by atoms with E-state index in [9.17, 15) is 15.0 Å². The Morgan fingerprint density at radius 2 is 1.94 bits per heavy atom. The maximum atomic E-state index is 11.2. The quantitative estimate of drug-likeness (QED) is 0.474. The van der Waals surface area contributed by atoms with Crippen LogP contribution in [0.2, 0.25) is 0 Å². The number of carboxylic acids is 1. The summed E-state index contributed by atoms with van der Waals surface area (Å²) in [6.07, 6.45) is 2.39. The Morgan fingerprint density at radius 1 is 1.19 bits per heavy atom. The van der Waals surface area contributed by atoms with E-state index in [4.69, 9.17) is 12.2 Å². The Morgan fingerprint density at radius 3 is 2.56 bits per heavy atom. The summed E-state index contributed by atoms with van der Waals surface area (Å²) in [6, 6.07) is 14.7. The molecule has 3 N–H and O–H groups in total. The van der Waals surface area contributed by atoms with Gasteiger partial charge in [0.05, 0.1) is 23.3 Å². The third-order valence-electron chi connectivity index (χ3n) is 5.92. The first-order valence-corrected chi connectivity index (χ1v) is 10.9. The Hall–Kier alpha value is -3.23. The molecule has 32 heavy (non-hydrogen) atoms. The van der Waals surface area contributed by atoms with Crippen LogP contribution in [0.3, 0.4) is 0 Å². The molecular weight excluding hydrogens is 424 g/mol. The highest BCUT2D eigenvalue weighted by Gasteiger charge is 2.41. The topological polar surface area (TPSA) is 90.6 Å². The number of hydrogen-bond acceptors (Lipinski definition) is 4. The zero-order valence-electron chi connectivity index (χ0n) is 18.0. The molecule has 0 aliphatic carbocycles. The number of pyridine rings is 1. The minimum atomic E-state index is -0.943. The second-order valence-corrected chi connectivity index (χ2v) is 8.30. The summed E-state index contributed by atoms with van der Waals surface area (Å²) in [5.74, 6) is -0.943. The molecular formula is C24H26N4O3S. The van der Waals surface area contributed by atoms with Crippen molar-refractivity contribution in [1.29, 1.82) is 0 Å². The van der Waals surface area contributed by atoms with Crippen molar-refractivity contribution >= 4 is 23.3 Å². The van der Waals surface area contributed by atoms with E-state index in [1.807, 2.05) is 37.3 Å². The zero-order chi connectivity index (χ0) is 22.8. The Labute approximate surface area is 192 Å². The van der Waals surface area contributed by atoms with E-state index in [0.29, 0.717) is 18.1 Å². The Kier molecular flexibility index (Phi) is 6.25. The van der Waals surface area contributed by atoms with Crippen molar-refractivity contribution in [2.75, 3.05) is 13.2 Å². The second-order valence-electron chi connectivity index (χ2n) is 7.91. The maximum Gasteiger partial charge on any atom is 0.335 e. The number of hydrogen-bond donors (Lipinski definition) is 3. The molecule has 166 valence electrons. The second kappa shape index (κ2) is 9.10. The first-order chi connectivity index (χ1) is 15.4. The van der Waals surface area contributed by atoms with Gasteiger partial charge in [0.15, 0.2) is 5.11 Å². The first kappa shape index (κ1) is 22.0. The van der Waals surface area contributed by atoms with E-state index >= 15 is 0 Å². The molecule has 2 aromatic heterocycles. The zero-order valence-corrected chi connectivity index (χ0v) is 18.8. The van der Waals surface area contributed by atoms with Gasteiger partial charge in [-0.1, -0.05) is 6.07 Å². The van der Waals surface area contributed by atoms with Gasteiger partial charge >= 0.3 is 5.97 Å². The van der Waals surface area contributed by atoms with Crippen molar-refractivity contribution in [3.8, 4) is 5.69 Å². The average molecular weight is 451 g/mol. The van der Waals surface area contributed by atoms with Crippen molar-refractivity contribution in [2.24, 2.45) is 0 Å². The smallest absolute Gasteiger partial charge is 0.335 e. The number of aliphatic hydroxyl groups excluding tert-OH is 1. The van der Waals surface area contributed by atoms with Crippen LogP contribution in [0.5, 0.6) is 0 Å². The molecule has 0 amide bonds. The highest BCUT2D eigenvalue weighted by Crippen LogP contribution is 2.41. The van der Waals surface area contributed by atoms with Crippen LogP contribution in [0.25, 0.3) is 5.69 Å². The molecule has 7 nitrogen and oxygen atoms in total. The number of aliphatic hydroxyl groups is 1. The predicted molar refractivity (Wildman–Crippen MR) is 126 cm³/mol. The molecule has 4 rings (SSSR count). The summed E-state index contributed by atoms with van der Waals surface area (Å²) < 4.78 is 2.13. The highest BCUT2D eigenvalue weighted by molar-refractivity contribution is 7.80. The maximum absolute atomic E-state index is 11.2. The van der Waals surface area contributed by atoms with Crippen LogP contribution in [0.4, 0.5) is 0 Å². The lowest BCUT2D eigenvalue weighted by atomic mass is 9.96. The molecule has 1 aliphatic rings. The van der Waals surface area contributed by atoms with Gasteiger partial charge in [-0.05, 0) is 80.5 Å². The SMILES string of the molecule is Cc1cc([C@H]2[C@H](c3ccccn3)NC(=S)N2CCCO)c(C)n1-c1ccc(C(=O)O)cc1. The summed E-state index contributed by atoms with van der Waals surface area (Å²) in [5, 5.41) is 22.7. The fourth-order valence-corrected chi connectivity index (χ4v) is 4.80. The normalized spacial score (nSPS) is 18.1. The van der Waals surface area contributed by atoms with E-state index < -0.39 is 5.97 Å². The molecule has 3 aromatic rings. The predicted octanol–water partition coefficient (Wildman–Crippen LogP) is 3.54. The average Bonchev–Trinajstić information content (AvgIpc) is 3.27. The van der Waals surface area contributed by atoms with Gasteiger partial charge in [-0.2, -0.15) is 0 Å². The van der Waals surface area contributed by atoms with Gasteiger partial charge in [0, 0.05) is 36.4 Å². The lowest BCUT2D eigenvalue weighted by Crippen LogP contribution is -2.31. The number of thiocarbonyl (C=S) groups is 1. The van der Waals surface area contributed by atoms with Crippen LogP contribution < -0.4 is 5.32 Å². The number of nitrogens with one attached hydrogen (secondary N) is 1. The van der Waals surface area contributed by atoms with Crippen LogP contribution in [-0.2, 0) is 0 Å². The van der Waals surface area contributed by atoms with Crippen LogP contribution >= 0.6 is 12.2 Å². The lowest BCUT2D eigenvalue weighted by Gasteiger charge is -2.28. The van der Waals surface area contributed by atoms with Crippen LogP contribution in [0.15, 0.2) is 54.7 Å². The third kappa shape index (κ3) is 3.99. The molecule has 0 bridgehead atoms. The van der Waals surface area contributed by atoms with Gasteiger partial charge < -0.3 is 25.0 Å². The van der Waals surface area contributed by atoms with E-state index in [1.165, 1.54) is 0 Å². The molecule has 3 heterocycles. The summed E-state index contributed by atoms with van der Waals surface area (Å²) in [4.78, 5) is 17.9. The standard InChI is InChI=1S/C24H26N4O3S/c1-15-14-19(16(2)28(15)18-9-7-17(8-10-18)23(30)31)22-21(20-6-3-4-11-25-20)26-24(32)27(22)12-5-13-29/h3-4,6-11,14,21-22,29H,5,12-13H2,1-2H3,(H,26,32)(H,30,31)/t21-,22-/m0/s1. The molecule has 1 aromatic carbocycles. The van der Waals surface area contributed by atoms with Gasteiger partial charge in [-0.15, -0.1) is 0 Å². The molecule has 0 saturated carbocycles. The molecule has 1 saturated heterocycles. The van der Waals surface area contributed by atoms with Gasteiger partial charge in [0.25, 0.3) is 0 Å². The summed E-state index contributed by atoms with van der Waals surface area (Å²) in [5.41, 5.74) is 5.28. The fourth-order valence-electron chi connectivity index (χ4n) is 4.46. The van der Waals surface area contributed by atoms with E-state index in [0.717, 1.165) is 28.3 Å². The van der Waals surface area contributed by atoms with Crippen LogP contribution in [-0.4, -0.2) is 48.9 Å². The molecule has 8 heteroatoms. The van der Waals surface area contributed by atoms with E-state index in [-0.39, 0.29) is 24.3 Å². The number of carboxylic acid groups (broad SMARTS) is 1. The highest BCUT2D eigenvalue weighted by atomic mass is 32.1. The van der Waals surface area contributed by atoms with Crippen molar-refractivity contribution < 1.29 is 15.0 Å². The van der Waals surface area contributed by atoms with Gasteiger partial charge in [-0.25, -0.2) is 4.79 Å². The van der Waals surface area contributed by atoms with E-state index in [2.05, 4.69) is 32.8 Å². The number of nitrogens with zero attached hydrogens (tertiary/aromatic N) is 3. The third-order valence-corrected chi connectivity index (χ3v) is 6.27. The molecule has 0 spiro atoms.